The molecule has 0 atom stereocenters. The van der Waals surface area contributed by atoms with Crippen LogP contribution < -0.4 is 0 Å². The molecule has 0 amide bonds. The van der Waals surface area contributed by atoms with Gasteiger partial charge in [-0.2, -0.15) is 10.2 Å². The summed E-state index contributed by atoms with van der Waals surface area (Å²) in [4.78, 5) is 0. The molecule has 0 bridgehead atoms. The third-order valence-corrected chi connectivity index (χ3v) is 2.07. The zero-order valence-corrected chi connectivity index (χ0v) is 6.49. The van der Waals surface area contributed by atoms with Gasteiger partial charge in [-0.25, -0.2) is 0 Å². The molecule has 0 spiro atoms. The van der Waals surface area contributed by atoms with Crippen LogP contribution in [0.5, 0.6) is 0 Å². The van der Waals surface area contributed by atoms with Gasteiger partial charge in [0.05, 0.1) is 0 Å². The lowest BCUT2D eigenvalue weighted by Gasteiger charge is -2.05. The summed E-state index contributed by atoms with van der Waals surface area (Å²) >= 11 is 0. The molecule has 0 unspecified atom stereocenters. The van der Waals surface area contributed by atoms with Crippen LogP contribution in [0.15, 0.2) is 40.6 Å². The van der Waals surface area contributed by atoms with Crippen LogP contribution in [-0.4, -0.2) is 0 Å². The molecule has 2 nitrogen and oxygen atoms in total. The highest BCUT2D eigenvalue weighted by Crippen LogP contribution is 2.41. The number of hydrogen-bond acceptors (Lipinski definition) is 2. The minimum absolute atomic E-state index is 0.165. The lowest BCUT2D eigenvalue weighted by molar-refractivity contribution is 0.618. The average molecular weight is 146 g/mol. The van der Waals surface area contributed by atoms with E-state index in [4.69, 9.17) is 0 Å². The van der Waals surface area contributed by atoms with Gasteiger partial charge in [-0.15, -0.1) is 0 Å². The maximum absolute atomic E-state index is 4.05. The Balaban J connectivity index is 2.30. The van der Waals surface area contributed by atoms with Gasteiger partial charge in [-0.1, -0.05) is 37.3 Å². The predicted molar refractivity (Wildman–Crippen MR) is 43.3 cm³/mol. The molecule has 11 heavy (non-hydrogen) atoms. The minimum Gasteiger partial charge on any atom is -0.154 e. The number of nitrogens with zero attached hydrogens (tertiary/aromatic N) is 2. The van der Waals surface area contributed by atoms with Crippen molar-refractivity contribution in [3.63, 3.8) is 0 Å². The van der Waals surface area contributed by atoms with Crippen molar-refractivity contribution in [2.75, 3.05) is 0 Å². The molecule has 2 heteroatoms. The van der Waals surface area contributed by atoms with Gasteiger partial charge >= 0.3 is 0 Å². The van der Waals surface area contributed by atoms with E-state index in [-0.39, 0.29) is 5.66 Å². The standard InChI is InChI=1S/C9H10N2/c1-2-9(10-11-9)8-6-4-3-5-7-8/h3-7H,2H2,1H3. The predicted octanol–water partition coefficient (Wildman–Crippen LogP) is 2.72. The first kappa shape index (κ1) is 6.53. The first-order valence-electron chi connectivity index (χ1n) is 3.87. The molecule has 1 aliphatic rings. The molecule has 1 aromatic carbocycles. The molecule has 1 aliphatic heterocycles. The minimum atomic E-state index is -0.165. The second kappa shape index (κ2) is 2.16. The molecular weight excluding hydrogens is 136 g/mol. The second-order valence-electron chi connectivity index (χ2n) is 2.74. The molecule has 0 N–H and O–H groups in total. The summed E-state index contributed by atoms with van der Waals surface area (Å²) in [6.07, 6.45) is 0.969. The Morgan fingerprint density at radius 1 is 1.18 bits per heavy atom. The van der Waals surface area contributed by atoms with Crippen LogP contribution in [0.1, 0.15) is 18.9 Å². The van der Waals surface area contributed by atoms with E-state index >= 15 is 0 Å². The molecule has 0 saturated carbocycles. The van der Waals surface area contributed by atoms with Gasteiger partial charge in [0, 0.05) is 5.56 Å². The zero-order chi connectivity index (χ0) is 7.73. The molecular formula is C9H10N2. The Kier molecular flexibility index (Phi) is 1.28. The Hall–Kier alpha value is -1.18. The van der Waals surface area contributed by atoms with Crippen LogP contribution in [0.4, 0.5) is 0 Å². The topological polar surface area (TPSA) is 24.7 Å². The van der Waals surface area contributed by atoms with Crippen molar-refractivity contribution in [3.8, 4) is 0 Å². The van der Waals surface area contributed by atoms with Crippen LogP contribution in [0.3, 0.4) is 0 Å². The zero-order valence-electron chi connectivity index (χ0n) is 6.49. The van der Waals surface area contributed by atoms with E-state index in [2.05, 4.69) is 29.3 Å². The van der Waals surface area contributed by atoms with E-state index in [0.29, 0.717) is 0 Å². The molecule has 0 aromatic heterocycles. The maximum atomic E-state index is 4.05. The van der Waals surface area contributed by atoms with Crippen LogP contribution in [0.25, 0.3) is 0 Å². The third kappa shape index (κ3) is 0.946. The van der Waals surface area contributed by atoms with E-state index in [0.717, 1.165) is 6.42 Å². The molecule has 1 heterocycles. The summed E-state index contributed by atoms with van der Waals surface area (Å²) < 4.78 is 0. The maximum Gasteiger partial charge on any atom is 0.215 e. The van der Waals surface area contributed by atoms with Crippen molar-refractivity contribution >= 4 is 0 Å². The summed E-state index contributed by atoms with van der Waals surface area (Å²) in [7, 11) is 0. The highest BCUT2D eigenvalue weighted by Gasteiger charge is 2.39. The fourth-order valence-corrected chi connectivity index (χ4v) is 1.23. The van der Waals surface area contributed by atoms with Gasteiger partial charge in [0.2, 0.25) is 5.66 Å². The lowest BCUT2D eigenvalue weighted by Crippen LogP contribution is -2.05. The Labute approximate surface area is 66.0 Å². The SMILES string of the molecule is CCC1(c2ccccc2)N=N1. The van der Waals surface area contributed by atoms with Crippen molar-refractivity contribution in [1.29, 1.82) is 0 Å². The van der Waals surface area contributed by atoms with Crippen LogP contribution >= 0.6 is 0 Å². The number of hydrogen-bond donors (Lipinski definition) is 0. The van der Waals surface area contributed by atoms with E-state index in [1.54, 1.807) is 0 Å². The highest BCUT2D eigenvalue weighted by molar-refractivity contribution is 5.26. The lowest BCUT2D eigenvalue weighted by atomic mass is 10.0. The summed E-state index contributed by atoms with van der Waals surface area (Å²) in [5.74, 6) is 0. The monoisotopic (exact) mass is 146 g/mol. The van der Waals surface area contributed by atoms with Crippen LogP contribution in [-0.2, 0) is 5.66 Å². The largest absolute Gasteiger partial charge is 0.215 e. The van der Waals surface area contributed by atoms with Gasteiger partial charge < -0.3 is 0 Å². The van der Waals surface area contributed by atoms with E-state index in [9.17, 15) is 0 Å². The van der Waals surface area contributed by atoms with Gasteiger partial charge in [0.25, 0.3) is 0 Å². The molecule has 56 valence electrons. The van der Waals surface area contributed by atoms with Crippen molar-refractivity contribution in [1.82, 2.24) is 0 Å². The van der Waals surface area contributed by atoms with Crippen LogP contribution in [0.2, 0.25) is 0 Å². The van der Waals surface area contributed by atoms with E-state index in [1.807, 2.05) is 18.2 Å². The quantitative estimate of drug-likeness (QED) is 0.612. The average Bonchev–Trinajstić information content (AvgIpc) is 2.86. The first-order chi connectivity index (χ1) is 5.37. The fraction of sp³-hybridized carbons (Fsp3) is 0.333. The van der Waals surface area contributed by atoms with Crippen molar-refractivity contribution in [2.45, 2.75) is 19.0 Å². The van der Waals surface area contributed by atoms with Crippen molar-refractivity contribution < 1.29 is 0 Å². The molecule has 0 radical (unpaired) electrons. The smallest absolute Gasteiger partial charge is 0.154 e. The highest BCUT2D eigenvalue weighted by atomic mass is 15.4. The summed E-state index contributed by atoms with van der Waals surface area (Å²) in [6.45, 7) is 2.10. The molecule has 0 aliphatic carbocycles. The summed E-state index contributed by atoms with van der Waals surface area (Å²) in [5, 5.41) is 8.10. The normalized spacial score (nSPS) is 18.3. The van der Waals surface area contributed by atoms with Gasteiger partial charge in [0.1, 0.15) is 0 Å². The Morgan fingerprint density at radius 2 is 1.82 bits per heavy atom. The van der Waals surface area contributed by atoms with Crippen molar-refractivity contribution in [2.24, 2.45) is 10.2 Å². The summed E-state index contributed by atoms with van der Waals surface area (Å²) in [6, 6.07) is 10.2. The summed E-state index contributed by atoms with van der Waals surface area (Å²) in [5.41, 5.74) is 1.05. The van der Waals surface area contributed by atoms with E-state index in [1.165, 1.54) is 5.56 Å². The van der Waals surface area contributed by atoms with E-state index < -0.39 is 0 Å². The van der Waals surface area contributed by atoms with Gasteiger partial charge in [0.15, 0.2) is 0 Å². The fourth-order valence-electron chi connectivity index (χ4n) is 1.23. The second-order valence-corrected chi connectivity index (χ2v) is 2.74. The number of benzene rings is 1. The molecule has 2 rings (SSSR count). The Bertz CT molecular complexity index is 271. The van der Waals surface area contributed by atoms with Gasteiger partial charge in [-0.05, 0) is 6.42 Å². The number of rotatable bonds is 2. The van der Waals surface area contributed by atoms with Crippen molar-refractivity contribution in [3.05, 3.63) is 35.9 Å². The first-order valence-corrected chi connectivity index (χ1v) is 3.87. The third-order valence-electron chi connectivity index (χ3n) is 2.07. The molecule has 0 fully saturated rings. The van der Waals surface area contributed by atoms with Gasteiger partial charge in [-0.3, -0.25) is 0 Å². The molecule has 1 aromatic rings. The molecule has 0 saturated heterocycles. The Morgan fingerprint density at radius 3 is 2.27 bits per heavy atom. The van der Waals surface area contributed by atoms with Crippen LogP contribution in [0, 0.1) is 0 Å².